The van der Waals surface area contributed by atoms with Crippen LogP contribution in [0.25, 0.3) is 22.3 Å². The number of aromatic hydroxyl groups is 3. The Hall–Kier alpha value is -5.10. The number of ether oxygens (including phenoxy) is 4. The van der Waals surface area contributed by atoms with E-state index in [1.807, 2.05) is 0 Å². The molecule has 4 N–H and O–H groups in total. The number of nitrogens with zero attached hydrogens (tertiary/aromatic N) is 1. The number of aliphatic hydroxyl groups is 1. The predicted molar refractivity (Wildman–Crippen MR) is 148 cm³/mol. The van der Waals surface area contributed by atoms with Crippen LogP contribution in [-0.4, -0.2) is 64.3 Å². The van der Waals surface area contributed by atoms with Gasteiger partial charge < -0.3 is 48.7 Å². The molecule has 3 heterocycles. The van der Waals surface area contributed by atoms with Gasteiger partial charge in [0.1, 0.15) is 22.5 Å². The average molecular weight is 578 g/mol. The van der Waals surface area contributed by atoms with Crippen molar-refractivity contribution in [3.05, 3.63) is 64.3 Å². The van der Waals surface area contributed by atoms with Crippen LogP contribution in [0, 0.1) is 0 Å². The lowest BCUT2D eigenvalue weighted by molar-refractivity contribution is -0.0123. The normalized spacial score (nSPS) is 17.8. The molecule has 1 fully saturated rings. The molecule has 2 aliphatic rings. The summed E-state index contributed by atoms with van der Waals surface area (Å²) in [6.07, 6.45) is -0.421. The van der Waals surface area contributed by atoms with Gasteiger partial charge in [0.2, 0.25) is 11.2 Å². The second-order valence-corrected chi connectivity index (χ2v) is 9.96. The van der Waals surface area contributed by atoms with E-state index in [-0.39, 0.29) is 51.9 Å². The number of aliphatic hydroxyl groups excluding tert-OH is 1. The minimum Gasteiger partial charge on any atom is -0.507 e. The highest BCUT2D eigenvalue weighted by Crippen LogP contribution is 2.44. The number of rotatable bonds is 5. The van der Waals surface area contributed by atoms with E-state index in [0.29, 0.717) is 24.4 Å². The van der Waals surface area contributed by atoms with Gasteiger partial charge in [-0.1, -0.05) is 6.07 Å². The lowest BCUT2D eigenvalue weighted by atomic mass is 10.0. The summed E-state index contributed by atoms with van der Waals surface area (Å²) in [5, 5.41) is 41.0. The fourth-order valence-electron chi connectivity index (χ4n) is 5.15. The van der Waals surface area contributed by atoms with Crippen molar-refractivity contribution in [1.29, 1.82) is 0 Å². The van der Waals surface area contributed by atoms with Crippen LogP contribution < -0.4 is 24.4 Å². The van der Waals surface area contributed by atoms with Gasteiger partial charge in [0.25, 0.3) is 0 Å². The van der Waals surface area contributed by atoms with Crippen LogP contribution in [0.15, 0.2) is 57.7 Å². The Morgan fingerprint density at radius 3 is 2.50 bits per heavy atom. The summed E-state index contributed by atoms with van der Waals surface area (Å²) < 4.78 is 28.6. The van der Waals surface area contributed by atoms with Gasteiger partial charge in [0.05, 0.1) is 13.7 Å². The maximum absolute atomic E-state index is 13.1. The first-order chi connectivity index (χ1) is 20.3. The highest BCUT2D eigenvalue weighted by molar-refractivity contribution is 5.89. The first kappa shape index (κ1) is 27.1. The van der Waals surface area contributed by atoms with Crippen molar-refractivity contribution in [3.8, 4) is 51.6 Å². The van der Waals surface area contributed by atoms with Crippen molar-refractivity contribution in [3.63, 3.8) is 0 Å². The molecule has 42 heavy (non-hydrogen) atoms. The number of phenolic OH excluding ortho intramolecular Hbond substituents is 2. The Morgan fingerprint density at radius 2 is 1.76 bits per heavy atom. The third-order valence-electron chi connectivity index (χ3n) is 7.28. The van der Waals surface area contributed by atoms with Crippen molar-refractivity contribution in [2.24, 2.45) is 0 Å². The fraction of sp³-hybridized carbons (Fsp3) is 0.267. The van der Waals surface area contributed by atoms with E-state index in [9.17, 15) is 30.0 Å². The molecule has 12 nitrogen and oxygen atoms in total. The van der Waals surface area contributed by atoms with E-state index in [1.165, 1.54) is 42.3 Å². The zero-order valence-electron chi connectivity index (χ0n) is 22.4. The number of phenols is 2. The number of fused-ring (bicyclic) bond motifs is 2. The number of methoxy groups -OCH3 is 1. The summed E-state index contributed by atoms with van der Waals surface area (Å²) in [5.74, 6) is -0.828. The van der Waals surface area contributed by atoms with Gasteiger partial charge in [-0.2, -0.15) is 0 Å². The molecule has 1 saturated heterocycles. The molecule has 2 atom stereocenters. The van der Waals surface area contributed by atoms with Gasteiger partial charge >= 0.3 is 6.09 Å². The third-order valence-corrected chi connectivity index (χ3v) is 7.28. The number of benzene rings is 3. The fourth-order valence-corrected chi connectivity index (χ4v) is 5.15. The molecule has 2 aliphatic heterocycles. The van der Waals surface area contributed by atoms with E-state index >= 15 is 0 Å². The van der Waals surface area contributed by atoms with E-state index in [2.05, 4.69) is 0 Å². The van der Waals surface area contributed by atoms with Crippen LogP contribution in [0.4, 0.5) is 4.79 Å². The summed E-state index contributed by atoms with van der Waals surface area (Å²) >= 11 is 0. The lowest BCUT2D eigenvalue weighted by Gasteiger charge is -2.33. The van der Waals surface area contributed by atoms with Crippen molar-refractivity contribution in [2.45, 2.75) is 25.0 Å². The lowest BCUT2D eigenvalue weighted by Crippen LogP contribution is -2.36. The Labute approximate surface area is 238 Å². The molecule has 1 aromatic heterocycles. The van der Waals surface area contributed by atoms with Gasteiger partial charge in [-0.3, -0.25) is 4.79 Å². The van der Waals surface area contributed by atoms with E-state index < -0.39 is 35.2 Å². The smallest absolute Gasteiger partial charge is 0.415 e. The number of likely N-dealkylation sites (tertiary alicyclic amines) is 1. The number of amides is 1. The highest BCUT2D eigenvalue weighted by Gasteiger charge is 2.34. The largest absolute Gasteiger partial charge is 0.507 e. The molecule has 0 saturated carbocycles. The van der Waals surface area contributed by atoms with E-state index in [1.54, 1.807) is 12.1 Å². The number of carbonyl (C=O) groups is 1. The minimum atomic E-state index is -0.884. The Balaban J connectivity index is 1.37. The minimum absolute atomic E-state index is 0.0268. The molecule has 0 radical (unpaired) electrons. The predicted octanol–water partition coefficient (Wildman–Crippen LogP) is 4.05. The zero-order chi connectivity index (χ0) is 29.5. The van der Waals surface area contributed by atoms with Gasteiger partial charge in [0.15, 0.2) is 41.0 Å². The summed E-state index contributed by atoms with van der Waals surface area (Å²) in [6, 6.07) is 11.6. The molecule has 1 amide bonds. The highest BCUT2D eigenvalue weighted by atomic mass is 16.6. The van der Waals surface area contributed by atoms with Crippen LogP contribution in [0.2, 0.25) is 0 Å². The topological polar surface area (TPSA) is 168 Å². The van der Waals surface area contributed by atoms with Crippen molar-refractivity contribution >= 4 is 17.1 Å². The number of carbonyl (C=O) groups excluding carboxylic acids is 1. The second-order valence-electron chi connectivity index (χ2n) is 9.96. The second kappa shape index (κ2) is 10.7. The number of hydrogen-bond acceptors (Lipinski definition) is 11. The molecular weight excluding hydrogens is 550 g/mol. The van der Waals surface area contributed by atoms with Crippen LogP contribution in [0.3, 0.4) is 0 Å². The van der Waals surface area contributed by atoms with Gasteiger partial charge in [-0.15, -0.1) is 0 Å². The van der Waals surface area contributed by atoms with Gasteiger partial charge in [-0.25, -0.2) is 4.79 Å². The van der Waals surface area contributed by atoms with Gasteiger partial charge in [-0.05, 0) is 43.2 Å². The molecule has 3 aromatic carbocycles. The SMILES string of the molecule is COc1cc(C2Oc3cc(-c4oc5cc(OC(=O)N6CCCC6)cc(O)c5c(=O)c4O)ccc3OC2CO)ccc1O. The quantitative estimate of drug-likeness (QED) is 0.270. The monoisotopic (exact) mass is 577 g/mol. The summed E-state index contributed by atoms with van der Waals surface area (Å²) in [6.45, 7) is 0.759. The maximum atomic E-state index is 13.1. The van der Waals surface area contributed by atoms with Crippen LogP contribution in [0.1, 0.15) is 24.5 Å². The summed E-state index contributed by atoms with van der Waals surface area (Å²) in [7, 11) is 1.41. The summed E-state index contributed by atoms with van der Waals surface area (Å²) in [5.41, 5.74) is -0.185. The van der Waals surface area contributed by atoms with Crippen LogP contribution in [0.5, 0.6) is 40.2 Å². The van der Waals surface area contributed by atoms with Crippen LogP contribution in [-0.2, 0) is 0 Å². The molecule has 218 valence electrons. The van der Waals surface area contributed by atoms with Crippen molar-refractivity contribution in [2.75, 3.05) is 26.8 Å². The molecule has 4 aromatic rings. The zero-order valence-corrected chi connectivity index (χ0v) is 22.4. The Bertz CT molecular complexity index is 1740. The first-order valence-electron chi connectivity index (χ1n) is 13.2. The Kier molecular flexibility index (Phi) is 6.91. The third kappa shape index (κ3) is 4.75. The van der Waals surface area contributed by atoms with E-state index in [0.717, 1.165) is 18.9 Å². The Morgan fingerprint density at radius 1 is 0.976 bits per heavy atom. The molecule has 0 spiro atoms. The van der Waals surface area contributed by atoms with Crippen LogP contribution >= 0.6 is 0 Å². The van der Waals surface area contributed by atoms with Gasteiger partial charge in [0, 0.05) is 36.3 Å². The molecule has 12 heteroatoms. The molecular formula is C30H27NO11. The summed E-state index contributed by atoms with van der Waals surface area (Å²) in [4.78, 5) is 27.1. The molecule has 0 bridgehead atoms. The van der Waals surface area contributed by atoms with E-state index in [4.69, 9.17) is 23.4 Å². The number of hydrogen-bond donors (Lipinski definition) is 4. The molecule has 6 rings (SSSR count). The van der Waals surface area contributed by atoms with Crippen molar-refractivity contribution < 1.29 is 48.6 Å². The maximum Gasteiger partial charge on any atom is 0.415 e. The first-order valence-corrected chi connectivity index (χ1v) is 13.2. The van der Waals surface area contributed by atoms with Crippen molar-refractivity contribution in [1.82, 2.24) is 4.90 Å². The standard InChI is InChI=1S/C30H27NO11/c1-38-21-10-15(4-6-18(21)33)28-24(14-32)40-20-7-5-16(11-22(20)41-28)29-27(36)26(35)25-19(34)12-17(13-23(25)42-29)39-30(37)31-8-2-3-9-31/h4-7,10-13,24,28,32-34,36H,2-3,8-9,14H2,1H3. The molecule has 2 unspecified atom stereocenters. The molecule has 0 aliphatic carbocycles. The average Bonchev–Trinajstić information content (AvgIpc) is 3.53.